The number of aliphatic carboxylic acids is 1. The van der Waals surface area contributed by atoms with Gasteiger partial charge in [-0.25, -0.2) is 4.79 Å². The second-order valence-corrected chi connectivity index (χ2v) is 7.32. The van der Waals surface area contributed by atoms with Crippen LogP contribution in [-0.4, -0.2) is 75.8 Å². The molecule has 0 heterocycles. The average molecular weight is 450 g/mol. The van der Waals surface area contributed by atoms with Crippen molar-refractivity contribution in [3.8, 4) is 0 Å². The summed E-state index contributed by atoms with van der Waals surface area (Å²) in [5.74, 6) is -5.22. The van der Waals surface area contributed by atoms with Gasteiger partial charge in [0, 0.05) is 5.75 Å². The van der Waals surface area contributed by atoms with Gasteiger partial charge in [-0.1, -0.05) is 20.3 Å². The molecule has 4 amide bonds. The maximum Gasteiger partial charge on any atom is 0.327 e. The number of aliphatic hydroxyl groups is 1. The van der Waals surface area contributed by atoms with Crippen molar-refractivity contribution in [2.75, 3.05) is 5.75 Å². The molecule has 6 unspecified atom stereocenters. The van der Waals surface area contributed by atoms with Crippen molar-refractivity contribution in [1.29, 1.82) is 0 Å². The number of amides is 4. The summed E-state index contributed by atoms with van der Waals surface area (Å²) in [5, 5.41) is 25.8. The Morgan fingerprint density at radius 3 is 1.87 bits per heavy atom. The minimum atomic E-state index is -1.48. The molecule has 0 bridgehead atoms. The molecule has 13 heteroatoms. The van der Waals surface area contributed by atoms with E-state index in [4.69, 9.17) is 16.6 Å². The minimum Gasteiger partial charge on any atom is -0.480 e. The summed E-state index contributed by atoms with van der Waals surface area (Å²) in [6, 6.07) is -5.20. The first kappa shape index (κ1) is 27.6. The molecule has 0 aliphatic rings. The Kier molecular flexibility index (Phi) is 12.0. The molecule has 9 N–H and O–H groups in total. The highest BCUT2D eigenvalue weighted by molar-refractivity contribution is 7.80. The van der Waals surface area contributed by atoms with Crippen LogP contribution in [0.2, 0.25) is 0 Å². The van der Waals surface area contributed by atoms with Crippen molar-refractivity contribution in [2.45, 2.75) is 63.9 Å². The highest BCUT2D eigenvalue weighted by Gasteiger charge is 2.34. The Morgan fingerprint density at radius 1 is 0.967 bits per heavy atom. The van der Waals surface area contributed by atoms with Crippen LogP contribution in [0.15, 0.2) is 0 Å². The van der Waals surface area contributed by atoms with Gasteiger partial charge >= 0.3 is 5.97 Å². The fraction of sp³-hybridized carbons (Fsp3) is 0.706. The predicted molar refractivity (Wildman–Crippen MR) is 110 cm³/mol. The first-order chi connectivity index (χ1) is 13.8. The van der Waals surface area contributed by atoms with Crippen molar-refractivity contribution < 1.29 is 34.2 Å². The predicted octanol–water partition coefficient (Wildman–Crippen LogP) is -2.92. The van der Waals surface area contributed by atoms with Crippen molar-refractivity contribution in [3.63, 3.8) is 0 Å². The van der Waals surface area contributed by atoms with Crippen LogP contribution in [0.1, 0.15) is 33.6 Å². The topological polar surface area (TPSA) is 214 Å². The van der Waals surface area contributed by atoms with E-state index in [1.165, 1.54) is 6.92 Å². The number of carboxylic acids is 1. The minimum absolute atomic E-state index is 0.204. The molecule has 0 saturated heterocycles. The Bertz CT molecular complexity index is 646. The van der Waals surface area contributed by atoms with Crippen LogP contribution in [0.4, 0.5) is 0 Å². The second kappa shape index (κ2) is 13.0. The van der Waals surface area contributed by atoms with E-state index in [9.17, 15) is 29.1 Å². The SMILES string of the molecule is CCC(C)C(NC(=O)C(N)CC(N)=O)C(=O)NC(C(=O)NC(CS)C(=O)O)C(C)O. The monoisotopic (exact) mass is 449 g/mol. The highest BCUT2D eigenvalue weighted by Crippen LogP contribution is 2.10. The molecule has 6 atom stereocenters. The van der Waals surface area contributed by atoms with Gasteiger partial charge in [-0.3, -0.25) is 19.2 Å². The van der Waals surface area contributed by atoms with Gasteiger partial charge in [0.2, 0.25) is 23.6 Å². The Balaban J connectivity index is 5.41. The number of carboxylic acid groups (broad SMARTS) is 1. The van der Waals surface area contributed by atoms with Gasteiger partial charge < -0.3 is 37.6 Å². The van der Waals surface area contributed by atoms with E-state index in [-0.39, 0.29) is 5.75 Å². The molecule has 0 aromatic carbocycles. The Labute approximate surface area is 179 Å². The van der Waals surface area contributed by atoms with Crippen LogP contribution < -0.4 is 27.4 Å². The largest absolute Gasteiger partial charge is 0.480 e. The lowest BCUT2D eigenvalue weighted by atomic mass is 9.97. The van der Waals surface area contributed by atoms with Crippen LogP contribution in [0, 0.1) is 5.92 Å². The smallest absolute Gasteiger partial charge is 0.327 e. The van der Waals surface area contributed by atoms with E-state index in [0.717, 1.165) is 0 Å². The van der Waals surface area contributed by atoms with E-state index in [2.05, 4.69) is 28.6 Å². The van der Waals surface area contributed by atoms with E-state index in [0.29, 0.717) is 6.42 Å². The molecule has 0 aliphatic carbocycles. The number of hydrogen-bond acceptors (Lipinski definition) is 8. The van der Waals surface area contributed by atoms with Crippen LogP contribution >= 0.6 is 12.6 Å². The van der Waals surface area contributed by atoms with Crippen LogP contribution in [-0.2, 0) is 24.0 Å². The van der Waals surface area contributed by atoms with E-state index < -0.39 is 72.2 Å². The summed E-state index contributed by atoms with van der Waals surface area (Å²) in [6.07, 6.45) is -1.32. The standard InChI is InChI=1S/C17H31N5O7S/c1-4-7(2)12(21-14(25)9(18)5-11(19)24)15(26)22-13(8(3)23)16(27)20-10(6-30)17(28)29/h7-10,12-13,23,30H,4-6,18H2,1-3H3,(H2,19,24)(H,20,27)(H,21,25)(H,22,26)(H,28,29). The van der Waals surface area contributed by atoms with Crippen molar-refractivity contribution in [2.24, 2.45) is 17.4 Å². The highest BCUT2D eigenvalue weighted by atomic mass is 32.1. The lowest BCUT2D eigenvalue weighted by Gasteiger charge is -2.28. The number of thiol groups is 1. The van der Waals surface area contributed by atoms with Gasteiger partial charge in [0.1, 0.15) is 18.1 Å². The summed E-state index contributed by atoms with van der Waals surface area (Å²) in [5.41, 5.74) is 10.6. The van der Waals surface area contributed by atoms with Gasteiger partial charge in [-0.2, -0.15) is 12.6 Å². The molecule has 0 saturated carbocycles. The third-order valence-electron chi connectivity index (χ3n) is 4.41. The maximum absolute atomic E-state index is 12.8. The third kappa shape index (κ3) is 8.97. The summed E-state index contributed by atoms with van der Waals surface area (Å²) < 4.78 is 0. The molecule has 0 aliphatic heterocycles. The lowest BCUT2D eigenvalue weighted by molar-refractivity contribution is -0.142. The summed E-state index contributed by atoms with van der Waals surface area (Å²) in [7, 11) is 0. The molecule has 0 aromatic heterocycles. The number of carbonyl (C=O) groups is 5. The fourth-order valence-corrected chi connectivity index (χ4v) is 2.61. The quantitative estimate of drug-likeness (QED) is 0.136. The van der Waals surface area contributed by atoms with E-state index in [1.807, 2.05) is 0 Å². The summed E-state index contributed by atoms with van der Waals surface area (Å²) in [4.78, 5) is 59.3. The van der Waals surface area contributed by atoms with Crippen molar-refractivity contribution in [1.82, 2.24) is 16.0 Å². The molecule has 0 rings (SSSR count). The molecule has 0 radical (unpaired) electrons. The number of carbonyl (C=O) groups excluding carboxylic acids is 4. The molecule has 0 aromatic rings. The number of primary amides is 1. The maximum atomic E-state index is 12.8. The number of hydrogen-bond donors (Lipinski definition) is 8. The zero-order valence-electron chi connectivity index (χ0n) is 17.1. The number of rotatable bonds is 13. The van der Waals surface area contributed by atoms with Crippen molar-refractivity contribution >= 4 is 42.2 Å². The fourth-order valence-electron chi connectivity index (χ4n) is 2.37. The van der Waals surface area contributed by atoms with Crippen molar-refractivity contribution in [3.05, 3.63) is 0 Å². The van der Waals surface area contributed by atoms with E-state index in [1.54, 1.807) is 13.8 Å². The molecule has 0 fully saturated rings. The summed E-state index contributed by atoms with van der Waals surface area (Å²) in [6.45, 7) is 4.67. The zero-order chi connectivity index (χ0) is 23.6. The molecule has 0 spiro atoms. The third-order valence-corrected chi connectivity index (χ3v) is 4.78. The number of aliphatic hydroxyl groups excluding tert-OH is 1. The van der Waals surface area contributed by atoms with Gasteiger partial charge in [0.15, 0.2) is 0 Å². The summed E-state index contributed by atoms with van der Waals surface area (Å²) >= 11 is 3.83. The second-order valence-electron chi connectivity index (χ2n) is 6.96. The molecular formula is C17H31N5O7S. The molecule has 12 nitrogen and oxygen atoms in total. The first-order valence-corrected chi connectivity index (χ1v) is 9.95. The molecular weight excluding hydrogens is 418 g/mol. The normalized spacial score (nSPS) is 16.9. The first-order valence-electron chi connectivity index (χ1n) is 9.32. The lowest BCUT2D eigenvalue weighted by Crippen LogP contribution is -2.61. The molecule has 30 heavy (non-hydrogen) atoms. The average Bonchev–Trinajstić information content (AvgIpc) is 2.65. The van der Waals surface area contributed by atoms with Gasteiger partial charge in [0.05, 0.1) is 18.6 Å². The van der Waals surface area contributed by atoms with Crippen LogP contribution in [0.25, 0.3) is 0 Å². The number of nitrogens with two attached hydrogens (primary N) is 2. The van der Waals surface area contributed by atoms with Crippen LogP contribution in [0.5, 0.6) is 0 Å². The van der Waals surface area contributed by atoms with Crippen LogP contribution in [0.3, 0.4) is 0 Å². The Hall–Kier alpha value is -2.38. The van der Waals surface area contributed by atoms with Gasteiger partial charge in [-0.05, 0) is 12.8 Å². The van der Waals surface area contributed by atoms with Gasteiger partial charge in [0.25, 0.3) is 0 Å². The zero-order valence-corrected chi connectivity index (χ0v) is 18.0. The number of nitrogens with one attached hydrogen (secondary N) is 3. The molecule has 172 valence electrons. The Morgan fingerprint density at radius 2 is 1.47 bits per heavy atom. The van der Waals surface area contributed by atoms with Gasteiger partial charge in [-0.15, -0.1) is 0 Å². The van der Waals surface area contributed by atoms with E-state index >= 15 is 0 Å².